The number of halogens is 2. The molecule has 1 nitrogen and oxygen atoms in total. The molecule has 13 heavy (non-hydrogen) atoms. The highest BCUT2D eigenvalue weighted by Gasteiger charge is 2.04. The maximum atomic E-state index is 13.0. The Balaban J connectivity index is 2.88. The van der Waals surface area contributed by atoms with E-state index in [-0.39, 0.29) is 5.82 Å². The van der Waals surface area contributed by atoms with Crippen molar-refractivity contribution in [1.29, 1.82) is 0 Å². The van der Waals surface area contributed by atoms with Crippen LogP contribution < -0.4 is 5.32 Å². The van der Waals surface area contributed by atoms with Crippen LogP contribution in [0.1, 0.15) is 18.1 Å². The van der Waals surface area contributed by atoms with Crippen molar-refractivity contribution in [2.45, 2.75) is 20.4 Å². The maximum absolute atomic E-state index is 13.0. The Bertz CT molecular complexity index is 299. The van der Waals surface area contributed by atoms with Gasteiger partial charge in [-0.2, -0.15) is 0 Å². The zero-order valence-corrected chi connectivity index (χ0v) is 8.58. The number of hydrogen-bond acceptors (Lipinski definition) is 1. The molecule has 1 aromatic carbocycles. The molecule has 0 aliphatic rings. The average Bonchev–Trinajstić information content (AvgIpc) is 2.09. The van der Waals surface area contributed by atoms with Crippen molar-refractivity contribution in [3.8, 4) is 0 Å². The second-order valence-electron chi connectivity index (χ2n) is 2.97. The molecule has 0 aliphatic carbocycles. The van der Waals surface area contributed by atoms with Gasteiger partial charge in [-0.05, 0) is 30.7 Å². The average molecular weight is 202 g/mol. The highest BCUT2D eigenvalue weighted by Crippen LogP contribution is 2.19. The van der Waals surface area contributed by atoms with Gasteiger partial charge in [0.15, 0.2) is 0 Å². The van der Waals surface area contributed by atoms with E-state index in [9.17, 15) is 4.39 Å². The monoisotopic (exact) mass is 201 g/mol. The van der Waals surface area contributed by atoms with E-state index in [2.05, 4.69) is 5.32 Å². The third-order valence-corrected chi connectivity index (χ3v) is 2.24. The van der Waals surface area contributed by atoms with Gasteiger partial charge in [-0.15, -0.1) is 0 Å². The zero-order valence-electron chi connectivity index (χ0n) is 7.82. The van der Waals surface area contributed by atoms with Crippen LogP contribution in [0.2, 0.25) is 5.02 Å². The third kappa shape index (κ3) is 2.68. The molecule has 0 saturated heterocycles. The van der Waals surface area contributed by atoms with Gasteiger partial charge in [-0.1, -0.05) is 24.6 Å². The van der Waals surface area contributed by atoms with Gasteiger partial charge in [0.2, 0.25) is 0 Å². The van der Waals surface area contributed by atoms with Crippen LogP contribution in [-0.4, -0.2) is 6.54 Å². The fourth-order valence-corrected chi connectivity index (χ4v) is 1.33. The first-order chi connectivity index (χ1) is 6.15. The SMILES string of the molecule is CCNCc1cc(C)c(F)cc1Cl. The molecule has 0 aliphatic heterocycles. The summed E-state index contributed by atoms with van der Waals surface area (Å²) >= 11 is 5.86. The van der Waals surface area contributed by atoms with Crippen LogP contribution in [0.25, 0.3) is 0 Å². The molecule has 1 aromatic rings. The number of rotatable bonds is 3. The predicted molar refractivity (Wildman–Crippen MR) is 53.5 cm³/mol. The Morgan fingerprint density at radius 1 is 1.46 bits per heavy atom. The molecule has 0 aromatic heterocycles. The molecule has 3 heteroatoms. The lowest BCUT2D eigenvalue weighted by Crippen LogP contribution is -2.12. The van der Waals surface area contributed by atoms with Gasteiger partial charge >= 0.3 is 0 Å². The minimum atomic E-state index is -0.245. The Hall–Kier alpha value is -0.600. The van der Waals surface area contributed by atoms with Crippen LogP contribution in [-0.2, 0) is 6.54 Å². The second kappa shape index (κ2) is 4.58. The molecule has 0 fully saturated rings. The lowest BCUT2D eigenvalue weighted by atomic mass is 10.1. The van der Waals surface area contributed by atoms with Gasteiger partial charge in [-0.25, -0.2) is 4.39 Å². The normalized spacial score (nSPS) is 10.5. The molecule has 0 heterocycles. The van der Waals surface area contributed by atoms with Crippen molar-refractivity contribution in [3.05, 3.63) is 34.1 Å². The molecule has 1 rings (SSSR count). The molecule has 0 saturated carbocycles. The fraction of sp³-hybridized carbons (Fsp3) is 0.400. The fourth-order valence-electron chi connectivity index (χ4n) is 1.11. The summed E-state index contributed by atoms with van der Waals surface area (Å²) in [5.41, 5.74) is 1.58. The number of nitrogens with one attached hydrogen (secondary N) is 1. The first kappa shape index (κ1) is 10.5. The van der Waals surface area contributed by atoms with Gasteiger partial charge in [-0.3, -0.25) is 0 Å². The van der Waals surface area contributed by atoms with E-state index >= 15 is 0 Å². The molecular weight excluding hydrogens is 189 g/mol. The first-order valence-electron chi connectivity index (χ1n) is 4.30. The van der Waals surface area contributed by atoms with E-state index in [4.69, 9.17) is 11.6 Å². The summed E-state index contributed by atoms with van der Waals surface area (Å²) in [4.78, 5) is 0. The molecule has 72 valence electrons. The van der Waals surface area contributed by atoms with Crippen molar-refractivity contribution < 1.29 is 4.39 Å². The van der Waals surface area contributed by atoms with Gasteiger partial charge in [0.05, 0.1) is 0 Å². The zero-order chi connectivity index (χ0) is 9.84. The first-order valence-corrected chi connectivity index (χ1v) is 4.68. The van der Waals surface area contributed by atoms with E-state index in [0.29, 0.717) is 17.1 Å². The summed E-state index contributed by atoms with van der Waals surface area (Å²) in [7, 11) is 0. The largest absolute Gasteiger partial charge is 0.313 e. The minimum Gasteiger partial charge on any atom is -0.313 e. The molecule has 0 amide bonds. The lowest BCUT2D eigenvalue weighted by molar-refractivity contribution is 0.616. The van der Waals surface area contributed by atoms with Crippen molar-refractivity contribution in [1.82, 2.24) is 5.32 Å². The van der Waals surface area contributed by atoms with Crippen molar-refractivity contribution in [3.63, 3.8) is 0 Å². The maximum Gasteiger partial charge on any atom is 0.127 e. The van der Waals surface area contributed by atoms with E-state index in [0.717, 1.165) is 12.1 Å². The summed E-state index contributed by atoms with van der Waals surface area (Å²) < 4.78 is 13.0. The van der Waals surface area contributed by atoms with Gasteiger partial charge < -0.3 is 5.32 Å². The number of benzene rings is 1. The van der Waals surface area contributed by atoms with E-state index < -0.39 is 0 Å². The summed E-state index contributed by atoms with van der Waals surface area (Å²) in [6.07, 6.45) is 0. The summed E-state index contributed by atoms with van der Waals surface area (Å²) in [6.45, 7) is 5.33. The molecule has 1 N–H and O–H groups in total. The standard InChI is InChI=1S/C10H13ClFN/c1-3-13-6-8-4-7(2)10(12)5-9(8)11/h4-5,13H,3,6H2,1-2H3. The third-order valence-electron chi connectivity index (χ3n) is 1.89. The van der Waals surface area contributed by atoms with Crippen LogP contribution in [0, 0.1) is 12.7 Å². The highest BCUT2D eigenvalue weighted by atomic mass is 35.5. The Labute approximate surface area is 82.9 Å². The summed E-state index contributed by atoms with van der Waals surface area (Å²) in [5, 5.41) is 3.64. The topological polar surface area (TPSA) is 12.0 Å². The summed E-state index contributed by atoms with van der Waals surface area (Å²) in [6, 6.07) is 3.14. The van der Waals surface area contributed by atoms with Crippen LogP contribution in [0.15, 0.2) is 12.1 Å². The predicted octanol–water partition coefficient (Wildman–Crippen LogP) is 2.90. The second-order valence-corrected chi connectivity index (χ2v) is 3.38. The van der Waals surface area contributed by atoms with E-state index in [1.54, 1.807) is 13.0 Å². The van der Waals surface area contributed by atoms with Gasteiger partial charge in [0.25, 0.3) is 0 Å². The van der Waals surface area contributed by atoms with Crippen LogP contribution in [0.5, 0.6) is 0 Å². The van der Waals surface area contributed by atoms with Crippen molar-refractivity contribution >= 4 is 11.6 Å². The van der Waals surface area contributed by atoms with Crippen LogP contribution in [0.3, 0.4) is 0 Å². The minimum absolute atomic E-state index is 0.245. The highest BCUT2D eigenvalue weighted by molar-refractivity contribution is 6.31. The smallest absolute Gasteiger partial charge is 0.127 e. The molecule has 0 spiro atoms. The molecule has 0 bridgehead atoms. The summed E-state index contributed by atoms with van der Waals surface area (Å²) in [5.74, 6) is -0.245. The van der Waals surface area contributed by atoms with Crippen molar-refractivity contribution in [2.24, 2.45) is 0 Å². The van der Waals surface area contributed by atoms with E-state index in [1.165, 1.54) is 6.07 Å². The van der Waals surface area contributed by atoms with Gasteiger partial charge in [0.1, 0.15) is 5.82 Å². The number of aryl methyl sites for hydroxylation is 1. The van der Waals surface area contributed by atoms with Gasteiger partial charge in [0, 0.05) is 11.6 Å². The molecule has 0 atom stereocenters. The Morgan fingerprint density at radius 3 is 2.77 bits per heavy atom. The lowest BCUT2D eigenvalue weighted by Gasteiger charge is -2.06. The molecule has 0 unspecified atom stereocenters. The quantitative estimate of drug-likeness (QED) is 0.793. The molecule has 0 radical (unpaired) electrons. The number of hydrogen-bond donors (Lipinski definition) is 1. The van der Waals surface area contributed by atoms with E-state index in [1.807, 2.05) is 6.92 Å². The Morgan fingerprint density at radius 2 is 2.15 bits per heavy atom. The van der Waals surface area contributed by atoms with Crippen molar-refractivity contribution in [2.75, 3.05) is 6.54 Å². The molecular formula is C10H13ClFN. The van der Waals surface area contributed by atoms with Crippen LogP contribution >= 0.6 is 11.6 Å². The van der Waals surface area contributed by atoms with Crippen LogP contribution in [0.4, 0.5) is 4.39 Å². The Kier molecular flexibility index (Phi) is 3.70.